The van der Waals surface area contributed by atoms with Crippen LogP contribution in [0.2, 0.25) is 0 Å². The highest BCUT2D eigenvalue weighted by molar-refractivity contribution is 6.00. The van der Waals surface area contributed by atoms with Crippen LogP contribution in [0, 0.1) is 0 Å². The molecule has 0 radical (unpaired) electrons. The lowest BCUT2D eigenvalue weighted by Gasteiger charge is -2.21. The summed E-state index contributed by atoms with van der Waals surface area (Å²) >= 11 is 0. The average Bonchev–Trinajstić information content (AvgIpc) is 2.25. The molecule has 106 valence electrons. The third-order valence-corrected chi connectivity index (χ3v) is 2.60. The van der Waals surface area contributed by atoms with Crippen molar-refractivity contribution >= 4 is 5.78 Å². The highest BCUT2D eigenvalue weighted by Gasteiger charge is 2.39. The second-order valence-electron chi connectivity index (χ2n) is 5.26. The van der Waals surface area contributed by atoms with E-state index in [0.717, 1.165) is 6.07 Å². The molecule has 5 heteroatoms. The fourth-order valence-corrected chi connectivity index (χ4v) is 1.58. The van der Waals surface area contributed by atoms with Gasteiger partial charge >= 0.3 is 6.18 Å². The standard InChI is InChI=1S/C14H17F3O2/c1-5-19-11-7-9(12(18)14(15,16)17)6-10(8-11)13(2,3)4/h6-8H,5H2,1-4H3. The maximum absolute atomic E-state index is 12.5. The molecule has 0 unspecified atom stereocenters. The first-order chi connectivity index (χ1) is 8.55. The van der Waals surface area contributed by atoms with Crippen molar-refractivity contribution < 1.29 is 22.7 Å². The second kappa shape index (κ2) is 5.23. The fourth-order valence-electron chi connectivity index (χ4n) is 1.58. The van der Waals surface area contributed by atoms with Gasteiger partial charge in [-0.05, 0) is 36.1 Å². The van der Waals surface area contributed by atoms with Crippen molar-refractivity contribution in [2.24, 2.45) is 0 Å². The quantitative estimate of drug-likeness (QED) is 0.775. The number of ketones is 1. The minimum atomic E-state index is -4.88. The number of carbonyl (C=O) groups excluding carboxylic acids is 1. The summed E-state index contributed by atoms with van der Waals surface area (Å²) < 4.78 is 42.7. The van der Waals surface area contributed by atoms with Crippen LogP contribution in [-0.2, 0) is 5.41 Å². The minimum absolute atomic E-state index is 0.280. The molecule has 0 fully saturated rings. The zero-order chi connectivity index (χ0) is 14.8. The van der Waals surface area contributed by atoms with E-state index in [-0.39, 0.29) is 16.7 Å². The highest BCUT2D eigenvalue weighted by Crippen LogP contribution is 2.30. The van der Waals surface area contributed by atoms with E-state index in [1.54, 1.807) is 13.0 Å². The van der Waals surface area contributed by atoms with E-state index in [1.807, 2.05) is 20.8 Å². The second-order valence-corrected chi connectivity index (χ2v) is 5.26. The number of hydrogen-bond acceptors (Lipinski definition) is 2. The van der Waals surface area contributed by atoms with Crippen LogP contribution in [0.5, 0.6) is 5.75 Å². The Labute approximate surface area is 110 Å². The SMILES string of the molecule is CCOc1cc(C(=O)C(F)(F)F)cc(C(C)(C)C)c1. The molecule has 0 spiro atoms. The minimum Gasteiger partial charge on any atom is -0.494 e. The summed E-state index contributed by atoms with van der Waals surface area (Å²) in [6, 6.07) is 4.07. The van der Waals surface area contributed by atoms with Crippen molar-refractivity contribution in [3.05, 3.63) is 29.3 Å². The molecule has 0 aliphatic heterocycles. The number of alkyl halides is 3. The third-order valence-electron chi connectivity index (χ3n) is 2.60. The molecule has 19 heavy (non-hydrogen) atoms. The van der Waals surface area contributed by atoms with Crippen molar-refractivity contribution in [1.82, 2.24) is 0 Å². The van der Waals surface area contributed by atoms with Gasteiger partial charge in [0.1, 0.15) is 5.75 Å². The van der Waals surface area contributed by atoms with Gasteiger partial charge in [0.2, 0.25) is 0 Å². The Morgan fingerprint density at radius 3 is 2.16 bits per heavy atom. The van der Waals surface area contributed by atoms with E-state index >= 15 is 0 Å². The summed E-state index contributed by atoms with van der Waals surface area (Å²) in [6.07, 6.45) is -4.88. The normalized spacial score (nSPS) is 12.4. The maximum Gasteiger partial charge on any atom is 0.454 e. The fraction of sp³-hybridized carbons (Fsp3) is 0.500. The van der Waals surface area contributed by atoms with Crippen LogP contribution in [0.3, 0.4) is 0 Å². The van der Waals surface area contributed by atoms with Gasteiger partial charge in [-0.25, -0.2) is 0 Å². The number of ether oxygens (including phenoxy) is 1. The van der Waals surface area contributed by atoms with Gasteiger partial charge in [-0.1, -0.05) is 20.8 Å². The molecule has 0 aliphatic carbocycles. The number of Topliss-reactive ketones (excluding diaryl/α,β-unsaturated/α-hetero) is 1. The predicted molar refractivity (Wildman–Crippen MR) is 66.7 cm³/mol. The van der Waals surface area contributed by atoms with Crippen molar-refractivity contribution in [2.45, 2.75) is 39.3 Å². The highest BCUT2D eigenvalue weighted by atomic mass is 19.4. The molecular formula is C14H17F3O2. The molecule has 1 rings (SSSR count). The zero-order valence-electron chi connectivity index (χ0n) is 11.4. The van der Waals surface area contributed by atoms with E-state index in [9.17, 15) is 18.0 Å². The third kappa shape index (κ3) is 3.98. The van der Waals surface area contributed by atoms with E-state index in [4.69, 9.17) is 4.74 Å². The molecule has 1 aromatic carbocycles. The first-order valence-electron chi connectivity index (χ1n) is 5.95. The Balaban J connectivity index is 3.32. The van der Waals surface area contributed by atoms with Gasteiger partial charge in [0, 0.05) is 5.56 Å². The van der Waals surface area contributed by atoms with Crippen LogP contribution < -0.4 is 4.74 Å². The summed E-state index contributed by atoms with van der Waals surface area (Å²) in [5.74, 6) is -1.57. The van der Waals surface area contributed by atoms with Crippen molar-refractivity contribution in [1.29, 1.82) is 0 Å². The monoisotopic (exact) mass is 274 g/mol. The molecule has 0 N–H and O–H groups in total. The summed E-state index contributed by atoms with van der Waals surface area (Å²) in [5, 5.41) is 0. The van der Waals surface area contributed by atoms with Gasteiger partial charge in [-0.15, -0.1) is 0 Å². The first-order valence-corrected chi connectivity index (χ1v) is 5.95. The van der Waals surface area contributed by atoms with E-state index in [0.29, 0.717) is 12.2 Å². The van der Waals surface area contributed by atoms with Crippen LogP contribution >= 0.6 is 0 Å². The molecule has 0 bridgehead atoms. The molecule has 0 amide bonds. The van der Waals surface area contributed by atoms with Gasteiger partial charge in [-0.2, -0.15) is 13.2 Å². The number of hydrogen-bond donors (Lipinski definition) is 0. The van der Waals surface area contributed by atoms with Gasteiger partial charge in [0.05, 0.1) is 6.61 Å². The predicted octanol–water partition coefficient (Wildman–Crippen LogP) is 4.13. The first kappa shape index (κ1) is 15.5. The molecule has 0 saturated carbocycles. The topological polar surface area (TPSA) is 26.3 Å². The van der Waals surface area contributed by atoms with E-state index in [2.05, 4.69) is 0 Å². The molecule has 0 heterocycles. The Kier molecular flexibility index (Phi) is 4.28. The maximum atomic E-state index is 12.5. The lowest BCUT2D eigenvalue weighted by Crippen LogP contribution is -2.23. The summed E-state index contributed by atoms with van der Waals surface area (Å²) in [7, 11) is 0. The van der Waals surface area contributed by atoms with Gasteiger partial charge in [0.15, 0.2) is 0 Å². The van der Waals surface area contributed by atoms with Crippen molar-refractivity contribution in [3.8, 4) is 5.75 Å². The lowest BCUT2D eigenvalue weighted by atomic mass is 9.85. The molecule has 0 saturated heterocycles. The Morgan fingerprint density at radius 2 is 1.74 bits per heavy atom. The Hall–Kier alpha value is -1.52. The zero-order valence-corrected chi connectivity index (χ0v) is 11.4. The number of carbonyl (C=O) groups is 1. The van der Waals surface area contributed by atoms with Gasteiger partial charge in [-0.3, -0.25) is 4.79 Å². The number of benzene rings is 1. The Bertz CT molecular complexity index is 471. The summed E-state index contributed by atoms with van der Waals surface area (Å²) in [5.41, 5.74) is -0.122. The smallest absolute Gasteiger partial charge is 0.454 e. The van der Waals surface area contributed by atoms with Crippen LogP contribution in [0.1, 0.15) is 43.6 Å². The number of rotatable bonds is 3. The van der Waals surface area contributed by atoms with Crippen molar-refractivity contribution in [3.63, 3.8) is 0 Å². The van der Waals surface area contributed by atoms with Gasteiger partial charge < -0.3 is 4.74 Å². The molecule has 0 aromatic heterocycles. The van der Waals surface area contributed by atoms with E-state index in [1.165, 1.54) is 6.07 Å². The van der Waals surface area contributed by atoms with Gasteiger partial charge in [0.25, 0.3) is 5.78 Å². The lowest BCUT2D eigenvalue weighted by molar-refractivity contribution is -0.0885. The molecule has 1 aromatic rings. The van der Waals surface area contributed by atoms with Crippen LogP contribution in [0.15, 0.2) is 18.2 Å². The average molecular weight is 274 g/mol. The molecule has 0 atom stereocenters. The van der Waals surface area contributed by atoms with Crippen LogP contribution in [0.4, 0.5) is 13.2 Å². The van der Waals surface area contributed by atoms with E-state index < -0.39 is 12.0 Å². The van der Waals surface area contributed by atoms with Crippen LogP contribution in [-0.4, -0.2) is 18.6 Å². The summed E-state index contributed by atoms with van der Waals surface area (Å²) in [6.45, 7) is 7.64. The largest absolute Gasteiger partial charge is 0.494 e. The molecule has 0 aliphatic rings. The molecular weight excluding hydrogens is 257 g/mol. The van der Waals surface area contributed by atoms with Crippen molar-refractivity contribution in [2.75, 3.05) is 6.61 Å². The number of halogens is 3. The van der Waals surface area contributed by atoms with Crippen LogP contribution in [0.25, 0.3) is 0 Å². The Morgan fingerprint density at radius 1 is 1.16 bits per heavy atom. The molecule has 2 nitrogen and oxygen atoms in total. The summed E-state index contributed by atoms with van der Waals surface area (Å²) in [4.78, 5) is 11.3.